The first-order valence-corrected chi connectivity index (χ1v) is 25.4. The van der Waals surface area contributed by atoms with Crippen LogP contribution in [0, 0.1) is 0 Å². The molecular weight excluding hydrogens is 782 g/mol. The normalized spacial score (nSPS) is 14.4. The van der Waals surface area contributed by atoms with Crippen LogP contribution in [-0.2, 0) is 27.9 Å². The predicted molar refractivity (Wildman–Crippen MR) is 261 cm³/mol. The molecule has 0 aliphatic carbocycles. The zero-order valence-corrected chi connectivity index (χ0v) is 39.5. The van der Waals surface area contributed by atoms with Gasteiger partial charge in [0.25, 0.3) is 0 Å². The molecule has 2 atom stereocenters. The Hall–Kier alpha value is -2.84. The van der Waals surface area contributed by atoms with Gasteiger partial charge >= 0.3 is 13.8 Å². The molecule has 0 aliphatic rings. The highest BCUT2D eigenvalue weighted by Crippen LogP contribution is 2.43. The number of phosphoric acid groups is 1. The lowest BCUT2D eigenvalue weighted by Gasteiger charge is -2.20. The standard InChI is InChI=1S/C52H88NO7P/c1-3-5-7-9-11-13-15-17-19-21-23-24-25-26-27-29-31-33-35-37-39-41-43-45-52(54)60-51(50-59-61(55,56)58-48-46-53)49-57-47-44-42-40-38-36-34-32-30-28-22-20-18-16-14-12-10-8-6-4-2/h5,7,11,13-14,16-17,19-20,22-24,26-27,31,33,37,39,51H,3-4,6,8-10,12,15,18,21,25,28-30,32,34-36,38,40-50,53H2,1-2H3,(H,55,56)/b7-5-,13-11-,16-14-,19-17-,22-20-,24-23-,27-26-,33-31-,39-37-. The number of unbranched alkanes of at least 4 members (excludes halogenated alkanes) is 13. The van der Waals surface area contributed by atoms with Gasteiger partial charge < -0.3 is 20.1 Å². The first kappa shape index (κ1) is 58.2. The van der Waals surface area contributed by atoms with Gasteiger partial charge in [0.2, 0.25) is 0 Å². The van der Waals surface area contributed by atoms with Crippen LogP contribution in [0.1, 0.15) is 174 Å². The monoisotopic (exact) mass is 870 g/mol. The summed E-state index contributed by atoms with van der Waals surface area (Å²) in [6.07, 6.45) is 65.5. The van der Waals surface area contributed by atoms with Crippen LogP contribution in [0.5, 0.6) is 0 Å². The number of hydrogen-bond donors (Lipinski definition) is 2. The summed E-state index contributed by atoms with van der Waals surface area (Å²) in [7, 11) is -4.31. The zero-order valence-electron chi connectivity index (χ0n) is 38.6. The van der Waals surface area contributed by atoms with Gasteiger partial charge in [0.15, 0.2) is 0 Å². The molecule has 0 bridgehead atoms. The van der Waals surface area contributed by atoms with Crippen molar-refractivity contribution in [2.45, 2.75) is 180 Å². The molecule has 0 radical (unpaired) electrons. The average Bonchev–Trinajstić information content (AvgIpc) is 3.25. The predicted octanol–water partition coefficient (Wildman–Crippen LogP) is 14.8. The maximum atomic E-state index is 12.6. The molecule has 61 heavy (non-hydrogen) atoms. The van der Waals surface area contributed by atoms with Crippen LogP contribution in [0.4, 0.5) is 0 Å². The Morgan fingerprint density at radius 3 is 1.38 bits per heavy atom. The van der Waals surface area contributed by atoms with E-state index in [4.69, 9.17) is 24.3 Å². The second-order valence-electron chi connectivity index (χ2n) is 15.2. The molecule has 0 heterocycles. The van der Waals surface area contributed by atoms with E-state index in [1.807, 2.05) is 0 Å². The van der Waals surface area contributed by atoms with Crippen molar-refractivity contribution in [3.05, 3.63) is 109 Å². The number of phosphoric ester groups is 1. The summed E-state index contributed by atoms with van der Waals surface area (Å²) in [6, 6.07) is 0. The van der Waals surface area contributed by atoms with Crippen LogP contribution in [0.15, 0.2) is 109 Å². The van der Waals surface area contributed by atoms with Crippen molar-refractivity contribution in [3.63, 3.8) is 0 Å². The van der Waals surface area contributed by atoms with Gasteiger partial charge in [0, 0.05) is 19.6 Å². The summed E-state index contributed by atoms with van der Waals surface area (Å²) in [5, 5.41) is 0. The topological polar surface area (TPSA) is 117 Å². The second kappa shape index (κ2) is 48.2. The van der Waals surface area contributed by atoms with Crippen LogP contribution >= 0.6 is 7.82 Å². The maximum absolute atomic E-state index is 12.6. The first-order valence-electron chi connectivity index (χ1n) is 23.9. The SMILES string of the molecule is CC/C=C\C/C=C\C/C=C\C/C=C\C/C=C\C/C=C\C/C=C\CCCC(=O)OC(COCCCCCCCCCC/C=C\C/C=C\CCCCCC)COP(=O)(O)OCCN. The van der Waals surface area contributed by atoms with Gasteiger partial charge in [-0.05, 0) is 96.3 Å². The van der Waals surface area contributed by atoms with Crippen LogP contribution < -0.4 is 5.73 Å². The Bertz CT molecular complexity index is 1300. The third kappa shape index (κ3) is 48.1. The molecule has 3 N–H and O–H groups in total. The van der Waals surface area contributed by atoms with E-state index in [1.54, 1.807) is 0 Å². The Morgan fingerprint density at radius 1 is 0.508 bits per heavy atom. The molecule has 0 saturated carbocycles. The highest BCUT2D eigenvalue weighted by molar-refractivity contribution is 7.47. The lowest BCUT2D eigenvalue weighted by molar-refractivity contribution is -0.154. The van der Waals surface area contributed by atoms with E-state index in [9.17, 15) is 14.3 Å². The van der Waals surface area contributed by atoms with Gasteiger partial charge in [0.05, 0.1) is 19.8 Å². The van der Waals surface area contributed by atoms with Crippen molar-refractivity contribution in [3.8, 4) is 0 Å². The van der Waals surface area contributed by atoms with Crippen molar-refractivity contribution in [1.82, 2.24) is 0 Å². The Morgan fingerprint density at radius 2 is 0.918 bits per heavy atom. The molecule has 8 nitrogen and oxygen atoms in total. The van der Waals surface area contributed by atoms with Gasteiger partial charge in [0.1, 0.15) is 6.10 Å². The molecular formula is C52H88NO7P. The van der Waals surface area contributed by atoms with E-state index in [-0.39, 0.29) is 32.8 Å². The van der Waals surface area contributed by atoms with Crippen molar-refractivity contribution < 1.29 is 32.8 Å². The van der Waals surface area contributed by atoms with Crippen molar-refractivity contribution >= 4 is 13.8 Å². The molecule has 0 rings (SSSR count). The summed E-state index contributed by atoms with van der Waals surface area (Å²) in [5.41, 5.74) is 5.38. The molecule has 2 unspecified atom stereocenters. The van der Waals surface area contributed by atoms with Crippen molar-refractivity contribution in [2.24, 2.45) is 5.73 Å². The summed E-state index contributed by atoms with van der Waals surface area (Å²) < 4.78 is 33.4. The number of rotatable bonds is 44. The van der Waals surface area contributed by atoms with Crippen LogP contribution in [0.25, 0.3) is 0 Å². The lowest BCUT2D eigenvalue weighted by Crippen LogP contribution is -2.28. The number of esters is 1. The summed E-state index contributed by atoms with van der Waals surface area (Å²) in [6.45, 7) is 4.68. The molecule has 9 heteroatoms. The van der Waals surface area contributed by atoms with Crippen LogP contribution in [0.3, 0.4) is 0 Å². The van der Waals surface area contributed by atoms with E-state index in [0.717, 1.165) is 77.0 Å². The van der Waals surface area contributed by atoms with Crippen LogP contribution in [-0.4, -0.2) is 49.9 Å². The highest BCUT2D eigenvalue weighted by Gasteiger charge is 2.25. The smallest absolute Gasteiger partial charge is 0.457 e. The largest absolute Gasteiger partial charge is 0.472 e. The molecule has 0 aromatic carbocycles. The van der Waals surface area contributed by atoms with Crippen molar-refractivity contribution in [1.29, 1.82) is 0 Å². The average molecular weight is 870 g/mol. The van der Waals surface area contributed by atoms with Gasteiger partial charge in [-0.3, -0.25) is 13.8 Å². The highest BCUT2D eigenvalue weighted by atomic mass is 31.2. The van der Waals surface area contributed by atoms with Gasteiger partial charge in [-0.1, -0.05) is 181 Å². The minimum Gasteiger partial charge on any atom is -0.457 e. The minimum absolute atomic E-state index is 0.0816. The van der Waals surface area contributed by atoms with Gasteiger partial charge in [-0.15, -0.1) is 0 Å². The first-order chi connectivity index (χ1) is 29.9. The Kier molecular flexibility index (Phi) is 46.0. The number of nitrogens with two attached hydrogens (primary N) is 1. The summed E-state index contributed by atoms with van der Waals surface area (Å²) in [5.74, 6) is -0.394. The van der Waals surface area contributed by atoms with E-state index in [0.29, 0.717) is 13.0 Å². The lowest BCUT2D eigenvalue weighted by atomic mass is 10.1. The Labute approximate surface area is 373 Å². The zero-order chi connectivity index (χ0) is 44.4. The Balaban J connectivity index is 4.15. The molecule has 0 amide bonds. The number of allylic oxidation sites excluding steroid dienone is 18. The van der Waals surface area contributed by atoms with Gasteiger partial charge in [-0.2, -0.15) is 0 Å². The fourth-order valence-electron chi connectivity index (χ4n) is 5.96. The fraction of sp³-hybridized carbons (Fsp3) is 0.635. The van der Waals surface area contributed by atoms with Crippen LogP contribution in [0.2, 0.25) is 0 Å². The maximum Gasteiger partial charge on any atom is 0.472 e. The molecule has 0 aromatic rings. The van der Waals surface area contributed by atoms with E-state index < -0.39 is 19.9 Å². The second-order valence-corrected chi connectivity index (χ2v) is 16.7. The third-order valence-corrected chi connectivity index (χ3v) is 10.4. The number of hydrogen-bond acceptors (Lipinski definition) is 7. The number of carbonyl (C=O) groups is 1. The summed E-state index contributed by atoms with van der Waals surface area (Å²) in [4.78, 5) is 22.5. The summed E-state index contributed by atoms with van der Waals surface area (Å²) >= 11 is 0. The van der Waals surface area contributed by atoms with E-state index in [1.165, 1.54) is 70.6 Å². The molecule has 0 aliphatic heterocycles. The molecule has 0 spiro atoms. The number of carbonyl (C=O) groups excluding carboxylic acids is 1. The number of ether oxygens (including phenoxy) is 2. The molecule has 348 valence electrons. The van der Waals surface area contributed by atoms with E-state index in [2.05, 4.69) is 123 Å². The quantitative estimate of drug-likeness (QED) is 0.0269. The molecule has 0 fully saturated rings. The molecule has 0 saturated heterocycles. The van der Waals surface area contributed by atoms with E-state index >= 15 is 0 Å². The minimum atomic E-state index is -4.31. The molecule has 0 aromatic heterocycles. The van der Waals surface area contributed by atoms with Crippen molar-refractivity contribution in [2.75, 3.05) is 33.0 Å². The fourth-order valence-corrected chi connectivity index (χ4v) is 6.72. The van der Waals surface area contributed by atoms with Gasteiger partial charge in [-0.25, -0.2) is 4.57 Å². The third-order valence-electron chi connectivity index (χ3n) is 9.42.